The highest BCUT2D eigenvalue weighted by Gasteiger charge is 2.08. The van der Waals surface area contributed by atoms with E-state index in [9.17, 15) is 0 Å². The largest absolute Gasteiger partial charge is 0.347 e. The summed E-state index contributed by atoms with van der Waals surface area (Å²) in [5, 5.41) is 5.64. The number of aryl methyl sites for hydroxylation is 1. The highest BCUT2D eigenvalue weighted by Crippen LogP contribution is 2.25. The number of nitrogens with one attached hydrogen (secondary N) is 1. The van der Waals surface area contributed by atoms with E-state index >= 15 is 0 Å². The highest BCUT2D eigenvalue weighted by molar-refractivity contribution is 6.31. The Balaban J connectivity index is 2.27. The van der Waals surface area contributed by atoms with E-state index in [4.69, 9.17) is 11.6 Å². The van der Waals surface area contributed by atoms with Crippen LogP contribution in [0.3, 0.4) is 0 Å². The monoisotopic (exact) mass is 278 g/mol. The van der Waals surface area contributed by atoms with Gasteiger partial charge in [0, 0.05) is 35.2 Å². The topological polar surface area (TPSA) is 17.0 Å². The summed E-state index contributed by atoms with van der Waals surface area (Å²) >= 11 is 6.12. The number of halogens is 1. The molecule has 0 aliphatic carbocycles. The maximum Gasteiger partial charge on any atom is 0.0498 e. The maximum absolute atomic E-state index is 6.12. The Bertz CT molecular complexity index is 543. The molecule has 3 heteroatoms. The third-order valence-corrected chi connectivity index (χ3v) is 3.49. The number of hydrogen-bond donors (Lipinski definition) is 1. The standard InChI is InChI=1S/C16H23ClN2/c1-4-7-19-11-13(10-18-9-12(2)3)15-6-5-14(17)8-16(15)19/h5-6,8,11-12,18H,4,7,9-10H2,1-3H3. The first-order valence-electron chi connectivity index (χ1n) is 7.09. The van der Waals surface area contributed by atoms with Gasteiger partial charge in [-0.15, -0.1) is 0 Å². The van der Waals surface area contributed by atoms with Crippen LogP contribution in [0.15, 0.2) is 24.4 Å². The molecule has 1 aromatic carbocycles. The van der Waals surface area contributed by atoms with Crippen LogP contribution in [-0.2, 0) is 13.1 Å². The molecule has 1 aromatic heterocycles. The third kappa shape index (κ3) is 3.52. The van der Waals surface area contributed by atoms with Crippen molar-refractivity contribution >= 4 is 22.5 Å². The van der Waals surface area contributed by atoms with Crippen molar-refractivity contribution in [2.45, 2.75) is 40.3 Å². The summed E-state index contributed by atoms with van der Waals surface area (Å²) in [5.41, 5.74) is 2.61. The molecule has 1 N–H and O–H groups in total. The molecule has 104 valence electrons. The normalized spacial score (nSPS) is 11.6. The van der Waals surface area contributed by atoms with Crippen LogP contribution in [0.1, 0.15) is 32.8 Å². The van der Waals surface area contributed by atoms with Crippen LogP contribution in [0.25, 0.3) is 10.9 Å². The van der Waals surface area contributed by atoms with Crippen molar-refractivity contribution in [2.24, 2.45) is 5.92 Å². The van der Waals surface area contributed by atoms with E-state index in [0.29, 0.717) is 5.92 Å². The molecular weight excluding hydrogens is 256 g/mol. The average Bonchev–Trinajstić information content (AvgIpc) is 2.67. The predicted octanol–water partition coefficient (Wildman–Crippen LogP) is 4.45. The first-order chi connectivity index (χ1) is 9.11. The van der Waals surface area contributed by atoms with Crippen LogP contribution < -0.4 is 5.32 Å². The van der Waals surface area contributed by atoms with Crippen LogP contribution in [0, 0.1) is 5.92 Å². The van der Waals surface area contributed by atoms with E-state index in [0.717, 1.165) is 31.1 Å². The van der Waals surface area contributed by atoms with Gasteiger partial charge >= 0.3 is 0 Å². The second kappa shape index (κ2) is 6.44. The summed E-state index contributed by atoms with van der Waals surface area (Å²) in [6.07, 6.45) is 3.40. The number of benzene rings is 1. The van der Waals surface area contributed by atoms with Crippen molar-refractivity contribution in [3.63, 3.8) is 0 Å². The Morgan fingerprint density at radius 1 is 1.32 bits per heavy atom. The molecule has 0 aliphatic rings. The van der Waals surface area contributed by atoms with Gasteiger partial charge in [0.1, 0.15) is 0 Å². The minimum atomic E-state index is 0.679. The number of aromatic nitrogens is 1. The lowest BCUT2D eigenvalue weighted by Gasteiger charge is -2.06. The van der Waals surface area contributed by atoms with Crippen LogP contribution in [-0.4, -0.2) is 11.1 Å². The van der Waals surface area contributed by atoms with E-state index in [1.165, 1.54) is 16.5 Å². The van der Waals surface area contributed by atoms with Crippen LogP contribution in [0.2, 0.25) is 5.02 Å². The van der Waals surface area contributed by atoms with Gasteiger partial charge in [0.2, 0.25) is 0 Å². The minimum Gasteiger partial charge on any atom is -0.347 e. The molecule has 0 unspecified atom stereocenters. The average molecular weight is 279 g/mol. The maximum atomic E-state index is 6.12. The molecule has 0 saturated carbocycles. The lowest BCUT2D eigenvalue weighted by atomic mass is 10.1. The smallest absolute Gasteiger partial charge is 0.0498 e. The van der Waals surface area contributed by atoms with Gasteiger partial charge in [-0.3, -0.25) is 0 Å². The van der Waals surface area contributed by atoms with E-state index in [1.807, 2.05) is 6.07 Å². The molecule has 0 radical (unpaired) electrons. The van der Waals surface area contributed by atoms with Crippen LogP contribution in [0.5, 0.6) is 0 Å². The summed E-state index contributed by atoms with van der Waals surface area (Å²) in [5.74, 6) is 0.679. The fraction of sp³-hybridized carbons (Fsp3) is 0.500. The van der Waals surface area contributed by atoms with Gasteiger partial charge in [0.15, 0.2) is 0 Å². The summed E-state index contributed by atoms with van der Waals surface area (Å²) in [6, 6.07) is 6.18. The van der Waals surface area contributed by atoms with E-state index in [-0.39, 0.29) is 0 Å². The quantitative estimate of drug-likeness (QED) is 0.826. The highest BCUT2D eigenvalue weighted by atomic mass is 35.5. The molecule has 2 nitrogen and oxygen atoms in total. The number of hydrogen-bond acceptors (Lipinski definition) is 1. The Morgan fingerprint density at radius 3 is 2.79 bits per heavy atom. The van der Waals surface area contributed by atoms with Gasteiger partial charge in [-0.25, -0.2) is 0 Å². The first kappa shape index (κ1) is 14.4. The first-order valence-corrected chi connectivity index (χ1v) is 7.47. The molecule has 0 atom stereocenters. The molecule has 0 spiro atoms. The van der Waals surface area contributed by atoms with Gasteiger partial charge in [0.25, 0.3) is 0 Å². The summed E-state index contributed by atoms with van der Waals surface area (Å²) < 4.78 is 2.31. The van der Waals surface area contributed by atoms with Gasteiger partial charge in [-0.05, 0) is 36.6 Å². The van der Waals surface area contributed by atoms with Crippen molar-refractivity contribution in [1.29, 1.82) is 0 Å². The second-order valence-electron chi connectivity index (χ2n) is 5.53. The zero-order chi connectivity index (χ0) is 13.8. The summed E-state index contributed by atoms with van der Waals surface area (Å²) in [4.78, 5) is 0. The Kier molecular flexibility index (Phi) is 4.89. The summed E-state index contributed by atoms with van der Waals surface area (Å²) in [6.45, 7) is 9.68. The zero-order valence-corrected chi connectivity index (χ0v) is 12.8. The third-order valence-electron chi connectivity index (χ3n) is 3.26. The molecule has 0 aliphatic heterocycles. The Hall–Kier alpha value is -0.990. The van der Waals surface area contributed by atoms with Gasteiger partial charge < -0.3 is 9.88 Å². The van der Waals surface area contributed by atoms with Crippen molar-refractivity contribution in [2.75, 3.05) is 6.54 Å². The van der Waals surface area contributed by atoms with Gasteiger partial charge in [-0.2, -0.15) is 0 Å². The van der Waals surface area contributed by atoms with Crippen LogP contribution >= 0.6 is 11.6 Å². The Morgan fingerprint density at radius 2 is 2.11 bits per heavy atom. The van der Waals surface area contributed by atoms with Crippen molar-refractivity contribution in [3.05, 3.63) is 35.0 Å². The Labute approximate surface area is 120 Å². The van der Waals surface area contributed by atoms with E-state index < -0.39 is 0 Å². The van der Waals surface area contributed by atoms with Crippen LogP contribution in [0.4, 0.5) is 0 Å². The lowest BCUT2D eigenvalue weighted by molar-refractivity contribution is 0.552. The molecule has 0 amide bonds. The minimum absolute atomic E-state index is 0.679. The zero-order valence-electron chi connectivity index (χ0n) is 12.0. The molecular formula is C16H23ClN2. The molecule has 0 fully saturated rings. The SMILES string of the molecule is CCCn1cc(CNCC(C)C)c2ccc(Cl)cc21. The number of fused-ring (bicyclic) bond motifs is 1. The van der Waals surface area contributed by atoms with Crippen molar-refractivity contribution < 1.29 is 0 Å². The molecule has 0 saturated heterocycles. The second-order valence-corrected chi connectivity index (χ2v) is 5.97. The van der Waals surface area contributed by atoms with Crippen molar-refractivity contribution in [3.8, 4) is 0 Å². The van der Waals surface area contributed by atoms with Crippen molar-refractivity contribution in [1.82, 2.24) is 9.88 Å². The van der Waals surface area contributed by atoms with E-state index in [2.05, 4.69) is 49.0 Å². The predicted molar refractivity (Wildman–Crippen MR) is 83.8 cm³/mol. The number of nitrogens with zero attached hydrogens (tertiary/aromatic N) is 1. The lowest BCUT2D eigenvalue weighted by Crippen LogP contribution is -2.18. The molecule has 1 heterocycles. The van der Waals surface area contributed by atoms with E-state index in [1.54, 1.807) is 0 Å². The van der Waals surface area contributed by atoms with Gasteiger partial charge in [0.05, 0.1) is 0 Å². The fourth-order valence-electron chi connectivity index (χ4n) is 2.40. The number of rotatable bonds is 6. The molecule has 2 aromatic rings. The molecule has 19 heavy (non-hydrogen) atoms. The van der Waals surface area contributed by atoms with Gasteiger partial charge in [-0.1, -0.05) is 38.4 Å². The molecule has 2 rings (SSSR count). The fourth-order valence-corrected chi connectivity index (χ4v) is 2.57. The summed E-state index contributed by atoms with van der Waals surface area (Å²) in [7, 11) is 0. The molecule has 0 bridgehead atoms.